The summed E-state index contributed by atoms with van der Waals surface area (Å²) in [7, 11) is 1.33. The zero-order chi connectivity index (χ0) is 24.2. The second-order valence-corrected chi connectivity index (χ2v) is 9.57. The summed E-state index contributed by atoms with van der Waals surface area (Å²) < 4.78 is 6.91. The van der Waals surface area contributed by atoms with Crippen molar-refractivity contribution in [2.45, 2.75) is 25.9 Å². The molecule has 0 saturated carbocycles. The van der Waals surface area contributed by atoms with Crippen LogP contribution in [-0.4, -0.2) is 39.5 Å². The van der Waals surface area contributed by atoms with Gasteiger partial charge in [-0.2, -0.15) is 0 Å². The highest BCUT2D eigenvalue weighted by Gasteiger charge is 2.23. The Labute approximate surface area is 206 Å². The van der Waals surface area contributed by atoms with Crippen molar-refractivity contribution in [1.29, 1.82) is 0 Å². The van der Waals surface area contributed by atoms with Crippen LogP contribution in [-0.2, 0) is 9.53 Å². The Kier molecular flexibility index (Phi) is 7.14. The predicted molar refractivity (Wildman–Crippen MR) is 136 cm³/mol. The quantitative estimate of drug-likeness (QED) is 0.273. The molecule has 7 nitrogen and oxygen atoms in total. The predicted octanol–water partition coefficient (Wildman–Crippen LogP) is 5.44. The van der Waals surface area contributed by atoms with Crippen molar-refractivity contribution >= 4 is 40.0 Å². The van der Waals surface area contributed by atoms with Crippen LogP contribution in [0.4, 0.5) is 5.00 Å². The summed E-state index contributed by atoms with van der Waals surface area (Å²) in [5.74, 6) is 0.112. The van der Waals surface area contributed by atoms with Crippen molar-refractivity contribution in [3.05, 3.63) is 76.4 Å². The third-order valence-corrected chi connectivity index (χ3v) is 7.04. The molecule has 0 unspecified atom stereocenters. The van der Waals surface area contributed by atoms with E-state index in [0.29, 0.717) is 15.7 Å². The fourth-order valence-corrected chi connectivity index (χ4v) is 5.19. The van der Waals surface area contributed by atoms with E-state index >= 15 is 0 Å². The molecule has 0 fully saturated rings. The van der Waals surface area contributed by atoms with Gasteiger partial charge in [-0.25, -0.2) is 4.79 Å². The number of aromatic nitrogens is 3. The van der Waals surface area contributed by atoms with Crippen molar-refractivity contribution < 1.29 is 14.3 Å². The fourth-order valence-electron chi connectivity index (χ4n) is 3.42. The number of carbonyl (C=O) groups is 2. The molecule has 34 heavy (non-hydrogen) atoms. The Morgan fingerprint density at radius 3 is 2.29 bits per heavy atom. The Bertz CT molecular complexity index is 1330. The van der Waals surface area contributed by atoms with Crippen molar-refractivity contribution in [2.24, 2.45) is 0 Å². The number of thioether (sulfide) groups is 1. The van der Waals surface area contributed by atoms with Crippen LogP contribution in [0, 0.1) is 20.8 Å². The van der Waals surface area contributed by atoms with Crippen LogP contribution >= 0.6 is 23.1 Å². The average molecular weight is 493 g/mol. The molecule has 0 spiro atoms. The minimum atomic E-state index is -0.491. The van der Waals surface area contributed by atoms with Gasteiger partial charge in [-0.05, 0) is 38.5 Å². The number of esters is 1. The smallest absolute Gasteiger partial charge is 0.341 e. The number of hydrogen-bond donors (Lipinski definition) is 1. The SMILES string of the molecule is COC(=O)c1c(-c2ccc(C)cc2)csc1NC(=O)CSc1nnc(C)n1-c1ccc(C)cc1. The second-order valence-electron chi connectivity index (χ2n) is 7.75. The summed E-state index contributed by atoms with van der Waals surface area (Å²) in [5, 5.41) is 14.2. The molecule has 2 aromatic carbocycles. The Morgan fingerprint density at radius 2 is 1.65 bits per heavy atom. The zero-order valence-electron chi connectivity index (χ0n) is 19.3. The molecule has 1 N–H and O–H groups in total. The number of benzene rings is 2. The Morgan fingerprint density at radius 1 is 1.00 bits per heavy atom. The second kappa shape index (κ2) is 10.2. The highest BCUT2D eigenvalue weighted by Crippen LogP contribution is 2.36. The third-order valence-electron chi connectivity index (χ3n) is 5.22. The van der Waals surface area contributed by atoms with Gasteiger partial charge >= 0.3 is 5.97 Å². The maximum atomic E-state index is 12.8. The molecular formula is C25H24N4O3S2. The van der Waals surface area contributed by atoms with Crippen LogP contribution in [0.15, 0.2) is 59.1 Å². The summed E-state index contributed by atoms with van der Waals surface area (Å²) in [4.78, 5) is 25.4. The highest BCUT2D eigenvalue weighted by atomic mass is 32.2. The van der Waals surface area contributed by atoms with E-state index in [9.17, 15) is 9.59 Å². The van der Waals surface area contributed by atoms with Crippen LogP contribution in [0.1, 0.15) is 27.3 Å². The van der Waals surface area contributed by atoms with E-state index < -0.39 is 5.97 Å². The minimum absolute atomic E-state index is 0.113. The molecule has 1 amide bonds. The van der Waals surface area contributed by atoms with Gasteiger partial charge in [0.2, 0.25) is 5.91 Å². The van der Waals surface area contributed by atoms with Crippen molar-refractivity contribution in [3.8, 4) is 16.8 Å². The molecule has 0 aliphatic carbocycles. The molecule has 0 aliphatic heterocycles. The van der Waals surface area contributed by atoms with E-state index in [2.05, 4.69) is 15.5 Å². The lowest BCUT2D eigenvalue weighted by molar-refractivity contribution is -0.113. The monoisotopic (exact) mass is 492 g/mol. The lowest BCUT2D eigenvalue weighted by Crippen LogP contribution is -2.16. The van der Waals surface area contributed by atoms with Crippen LogP contribution in [0.2, 0.25) is 0 Å². The first-order valence-electron chi connectivity index (χ1n) is 10.6. The Hall–Kier alpha value is -3.43. The number of thiophene rings is 1. The molecule has 174 valence electrons. The minimum Gasteiger partial charge on any atom is -0.465 e. The van der Waals surface area contributed by atoms with Gasteiger partial charge in [-0.15, -0.1) is 21.5 Å². The van der Waals surface area contributed by atoms with E-state index in [-0.39, 0.29) is 11.7 Å². The largest absolute Gasteiger partial charge is 0.465 e. The van der Waals surface area contributed by atoms with Gasteiger partial charge in [0.1, 0.15) is 16.4 Å². The molecule has 0 radical (unpaired) electrons. The molecule has 2 aromatic heterocycles. The number of nitrogens with zero attached hydrogens (tertiary/aromatic N) is 3. The molecule has 4 rings (SSSR count). The summed E-state index contributed by atoms with van der Waals surface area (Å²) in [6.07, 6.45) is 0. The standard InChI is InChI=1S/C25H24N4O3S2/c1-15-5-9-18(10-6-15)20-13-33-23(22(20)24(31)32-4)26-21(30)14-34-25-28-27-17(3)29(25)19-11-7-16(2)8-12-19/h5-13H,14H2,1-4H3,(H,26,30). The number of amides is 1. The van der Waals surface area contributed by atoms with Gasteiger partial charge < -0.3 is 10.1 Å². The van der Waals surface area contributed by atoms with Crippen LogP contribution in [0.5, 0.6) is 0 Å². The summed E-state index contributed by atoms with van der Waals surface area (Å²) in [5.41, 5.74) is 5.19. The molecule has 0 aliphatic rings. The molecule has 4 aromatic rings. The van der Waals surface area contributed by atoms with E-state index in [0.717, 1.165) is 33.8 Å². The normalized spacial score (nSPS) is 10.8. The van der Waals surface area contributed by atoms with Crippen molar-refractivity contribution in [1.82, 2.24) is 14.8 Å². The maximum Gasteiger partial charge on any atom is 0.341 e. The van der Waals surface area contributed by atoms with Gasteiger partial charge in [-0.1, -0.05) is 59.3 Å². The van der Waals surface area contributed by atoms with E-state index in [4.69, 9.17) is 4.74 Å². The topological polar surface area (TPSA) is 86.1 Å². The summed E-state index contributed by atoms with van der Waals surface area (Å²) in [6.45, 7) is 5.90. The van der Waals surface area contributed by atoms with Crippen molar-refractivity contribution in [2.75, 3.05) is 18.2 Å². The lowest BCUT2D eigenvalue weighted by atomic mass is 10.0. The number of carbonyl (C=O) groups excluding carboxylic acids is 2. The lowest BCUT2D eigenvalue weighted by Gasteiger charge is -2.10. The maximum absolute atomic E-state index is 12.8. The number of rotatable bonds is 7. The van der Waals surface area contributed by atoms with Gasteiger partial charge in [0.15, 0.2) is 5.16 Å². The van der Waals surface area contributed by atoms with Crippen LogP contribution in [0.25, 0.3) is 16.8 Å². The first-order valence-corrected chi connectivity index (χ1v) is 12.4. The molecule has 0 bridgehead atoms. The van der Waals surface area contributed by atoms with Gasteiger partial charge in [0, 0.05) is 16.6 Å². The van der Waals surface area contributed by atoms with Crippen LogP contribution < -0.4 is 5.32 Å². The number of hydrogen-bond acceptors (Lipinski definition) is 7. The molecule has 0 saturated heterocycles. The Balaban J connectivity index is 1.52. The fraction of sp³-hybridized carbons (Fsp3) is 0.200. The van der Waals surface area contributed by atoms with E-state index in [1.54, 1.807) is 0 Å². The van der Waals surface area contributed by atoms with E-state index in [1.165, 1.54) is 30.2 Å². The van der Waals surface area contributed by atoms with Gasteiger partial charge in [0.05, 0.1) is 12.9 Å². The van der Waals surface area contributed by atoms with Crippen LogP contribution in [0.3, 0.4) is 0 Å². The highest BCUT2D eigenvalue weighted by molar-refractivity contribution is 7.99. The number of ether oxygens (including phenoxy) is 1. The van der Waals surface area contributed by atoms with E-state index in [1.807, 2.05) is 79.2 Å². The summed E-state index contributed by atoms with van der Waals surface area (Å²) >= 11 is 2.58. The molecular weight excluding hydrogens is 468 g/mol. The number of nitrogens with one attached hydrogen (secondary N) is 1. The zero-order valence-corrected chi connectivity index (χ0v) is 20.9. The van der Waals surface area contributed by atoms with Gasteiger partial charge in [0.25, 0.3) is 0 Å². The summed E-state index contributed by atoms with van der Waals surface area (Å²) in [6, 6.07) is 15.9. The molecule has 2 heterocycles. The first-order chi connectivity index (χ1) is 16.4. The molecule has 9 heteroatoms. The average Bonchev–Trinajstić information content (AvgIpc) is 3.41. The van der Waals surface area contributed by atoms with Crippen molar-refractivity contribution in [3.63, 3.8) is 0 Å². The third kappa shape index (κ3) is 5.05. The number of methoxy groups -OCH3 is 1. The number of aryl methyl sites for hydroxylation is 3. The first kappa shape index (κ1) is 23.7. The molecule has 0 atom stereocenters. The number of anilines is 1. The van der Waals surface area contributed by atoms with Gasteiger partial charge in [-0.3, -0.25) is 9.36 Å².